The van der Waals surface area contributed by atoms with Crippen molar-refractivity contribution in [3.63, 3.8) is 0 Å². The number of carbonyl (C=O) groups is 1. The molecule has 1 aromatic carbocycles. The molecule has 4 rings (SSSR count). The number of carbonyl (C=O) groups excluding carboxylic acids is 1. The second-order valence-corrected chi connectivity index (χ2v) is 8.15. The molecule has 0 aliphatic rings. The average molecular weight is 443 g/mol. The molecule has 0 aliphatic heterocycles. The molecule has 10 heteroatoms. The van der Waals surface area contributed by atoms with Gasteiger partial charge in [0.2, 0.25) is 5.91 Å². The van der Waals surface area contributed by atoms with Gasteiger partial charge in [-0.3, -0.25) is 14.3 Å². The topological polar surface area (TPSA) is 85.6 Å². The highest BCUT2D eigenvalue weighted by Crippen LogP contribution is 2.30. The zero-order valence-corrected chi connectivity index (χ0v) is 17.6. The van der Waals surface area contributed by atoms with Crippen molar-refractivity contribution in [3.05, 3.63) is 64.8 Å². The van der Waals surface area contributed by atoms with Crippen LogP contribution in [0.3, 0.4) is 0 Å². The maximum Gasteiger partial charge on any atom is 0.236 e. The largest absolute Gasteiger partial charge is 0.301 e. The van der Waals surface area contributed by atoms with Crippen LogP contribution in [0.1, 0.15) is 5.69 Å². The maximum atomic E-state index is 12.3. The number of hydrogen-bond acceptors (Lipinski definition) is 7. The fraction of sp³-hybridized carbons (Fsp3) is 0.105. The summed E-state index contributed by atoms with van der Waals surface area (Å²) in [6.07, 6.45) is 1.69. The van der Waals surface area contributed by atoms with Gasteiger partial charge in [0.25, 0.3) is 0 Å². The number of hydrogen-bond donors (Lipinski definition) is 1. The van der Waals surface area contributed by atoms with E-state index >= 15 is 0 Å². The average Bonchev–Trinajstić information content (AvgIpc) is 3.33. The summed E-state index contributed by atoms with van der Waals surface area (Å²) < 4.78 is 1.82. The van der Waals surface area contributed by atoms with E-state index < -0.39 is 0 Å². The number of para-hydroxylation sites is 1. The standard InChI is InChI=1S/C19H15ClN6OS2/c1-12-10-28-18(22-12)23-16(27)11-29-19-25-24-17(14-7-4-5-9-21-14)26(19)15-8-3-2-6-13(15)20/h2-10H,11H2,1H3,(H,22,23,27). The molecule has 1 N–H and O–H groups in total. The Morgan fingerprint density at radius 1 is 1.21 bits per heavy atom. The molecule has 0 unspecified atom stereocenters. The lowest BCUT2D eigenvalue weighted by molar-refractivity contribution is -0.113. The maximum absolute atomic E-state index is 12.3. The van der Waals surface area contributed by atoms with E-state index in [0.29, 0.717) is 26.8 Å². The minimum Gasteiger partial charge on any atom is -0.301 e. The number of thiazole rings is 1. The first kappa shape index (κ1) is 19.6. The summed E-state index contributed by atoms with van der Waals surface area (Å²) in [5.41, 5.74) is 2.25. The number of thioether (sulfide) groups is 1. The van der Waals surface area contributed by atoms with Crippen LogP contribution in [-0.2, 0) is 4.79 Å². The first-order valence-electron chi connectivity index (χ1n) is 8.58. The second kappa shape index (κ2) is 8.73. The predicted molar refractivity (Wildman–Crippen MR) is 116 cm³/mol. The zero-order valence-electron chi connectivity index (χ0n) is 15.2. The molecular formula is C19H15ClN6OS2. The minimum atomic E-state index is -0.169. The lowest BCUT2D eigenvalue weighted by Crippen LogP contribution is -2.14. The third-order valence-electron chi connectivity index (χ3n) is 3.82. The van der Waals surface area contributed by atoms with E-state index in [1.807, 2.05) is 53.3 Å². The number of benzene rings is 1. The van der Waals surface area contributed by atoms with E-state index in [-0.39, 0.29) is 11.7 Å². The number of pyridine rings is 1. The molecule has 146 valence electrons. The lowest BCUT2D eigenvalue weighted by Gasteiger charge is -2.11. The Morgan fingerprint density at radius 2 is 2.03 bits per heavy atom. The van der Waals surface area contributed by atoms with Crippen molar-refractivity contribution in [1.82, 2.24) is 24.7 Å². The van der Waals surface area contributed by atoms with Crippen molar-refractivity contribution < 1.29 is 4.79 Å². The summed E-state index contributed by atoms with van der Waals surface area (Å²) in [4.78, 5) is 20.9. The Morgan fingerprint density at radius 3 is 2.76 bits per heavy atom. The van der Waals surface area contributed by atoms with Crippen molar-refractivity contribution in [2.24, 2.45) is 0 Å². The zero-order chi connectivity index (χ0) is 20.2. The normalized spacial score (nSPS) is 10.8. The van der Waals surface area contributed by atoms with E-state index in [1.165, 1.54) is 23.1 Å². The number of amides is 1. The quantitative estimate of drug-likeness (QED) is 0.443. The van der Waals surface area contributed by atoms with Gasteiger partial charge in [-0.1, -0.05) is 41.6 Å². The Bertz CT molecular complexity index is 1140. The summed E-state index contributed by atoms with van der Waals surface area (Å²) in [6, 6.07) is 13.0. The fourth-order valence-electron chi connectivity index (χ4n) is 2.57. The van der Waals surface area contributed by atoms with E-state index in [4.69, 9.17) is 11.6 Å². The van der Waals surface area contributed by atoms with Gasteiger partial charge >= 0.3 is 0 Å². The van der Waals surface area contributed by atoms with Crippen LogP contribution in [0.15, 0.2) is 59.2 Å². The number of nitrogens with one attached hydrogen (secondary N) is 1. The Balaban J connectivity index is 1.62. The van der Waals surface area contributed by atoms with Crippen LogP contribution < -0.4 is 5.32 Å². The van der Waals surface area contributed by atoms with Crippen molar-refractivity contribution in [2.75, 3.05) is 11.1 Å². The van der Waals surface area contributed by atoms with Crippen molar-refractivity contribution in [2.45, 2.75) is 12.1 Å². The first-order chi connectivity index (χ1) is 14.1. The van der Waals surface area contributed by atoms with Gasteiger partial charge < -0.3 is 5.32 Å². The Kier molecular flexibility index (Phi) is 5.89. The van der Waals surface area contributed by atoms with Gasteiger partial charge in [0, 0.05) is 11.6 Å². The van der Waals surface area contributed by atoms with E-state index in [0.717, 1.165) is 11.4 Å². The number of aryl methyl sites for hydroxylation is 1. The molecule has 29 heavy (non-hydrogen) atoms. The highest BCUT2D eigenvalue weighted by atomic mass is 35.5. The smallest absolute Gasteiger partial charge is 0.236 e. The van der Waals surface area contributed by atoms with Gasteiger partial charge in [-0.25, -0.2) is 4.98 Å². The molecule has 3 aromatic heterocycles. The van der Waals surface area contributed by atoms with Gasteiger partial charge in [-0.05, 0) is 31.2 Å². The monoisotopic (exact) mass is 442 g/mol. The van der Waals surface area contributed by atoms with Crippen LogP contribution in [-0.4, -0.2) is 36.4 Å². The molecule has 3 heterocycles. The third kappa shape index (κ3) is 4.47. The summed E-state index contributed by atoms with van der Waals surface area (Å²) in [5.74, 6) is 0.540. The summed E-state index contributed by atoms with van der Waals surface area (Å²) in [6.45, 7) is 1.88. The molecule has 4 aromatic rings. The van der Waals surface area contributed by atoms with Gasteiger partial charge in [-0.15, -0.1) is 21.5 Å². The summed E-state index contributed by atoms with van der Waals surface area (Å²) >= 11 is 9.09. The molecule has 0 spiro atoms. The number of anilines is 1. The molecule has 1 amide bonds. The Hall–Kier alpha value is -2.75. The molecule has 0 bridgehead atoms. The molecule has 0 saturated heterocycles. The van der Waals surface area contributed by atoms with Crippen molar-refractivity contribution in [3.8, 4) is 17.2 Å². The Labute approximate surface area is 180 Å². The van der Waals surface area contributed by atoms with E-state index in [1.54, 1.807) is 12.3 Å². The van der Waals surface area contributed by atoms with Crippen LogP contribution >= 0.6 is 34.7 Å². The molecule has 0 aliphatic carbocycles. The number of halogens is 1. The summed E-state index contributed by atoms with van der Waals surface area (Å²) in [5, 5.41) is 14.9. The first-order valence-corrected chi connectivity index (χ1v) is 10.8. The molecular weight excluding hydrogens is 428 g/mol. The molecule has 0 saturated carbocycles. The van der Waals surface area contributed by atoms with Crippen LogP contribution in [0.25, 0.3) is 17.2 Å². The predicted octanol–water partition coefficient (Wildman–Crippen LogP) is 4.48. The number of nitrogens with zero attached hydrogens (tertiary/aromatic N) is 5. The fourth-order valence-corrected chi connectivity index (χ4v) is 4.24. The molecule has 0 atom stereocenters. The van der Waals surface area contributed by atoms with Crippen LogP contribution in [0.2, 0.25) is 5.02 Å². The number of aromatic nitrogens is 5. The van der Waals surface area contributed by atoms with E-state index in [2.05, 4.69) is 25.5 Å². The van der Waals surface area contributed by atoms with Crippen LogP contribution in [0.4, 0.5) is 5.13 Å². The lowest BCUT2D eigenvalue weighted by atomic mass is 10.3. The van der Waals surface area contributed by atoms with Gasteiger partial charge in [0.15, 0.2) is 16.1 Å². The number of rotatable bonds is 6. The molecule has 7 nitrogen and oxygen atoms in total. The van der Waals surface area contributed by atoms with Gasteiger partial charge in [0.1, 0.15) is 5.69 Å². The van der Waals surface area contributed by atoms with Gasteiger partial charge in [0.05, 0.1) is 22.2 Å². The van der Waals surface area contributed by atoms with Crippen molar-refractivity contribution >= 4 is 45.7 Å². The van der Waals surface area contributed by atoms with Crippen LogP contribution in [0.5, 0.6) is 0 Å². The highest BCUT2D eigenvalue weighted by Gasteiger charge is 2.19. The van der Waals surface area contributed by atoms with E-state index in [9.17, 15) is 4.79 Å². The van der Waals surface area contributed by atoms with Gasteiger partial charge in [-0.2, -0.15) is 0 Å². The third-order valence-corrected chi connectivity index (χ3v) is 5.94. The minimum absolute atomic E-state index is 0.156. The van der Waals surface area contributed by atoms with Crippen molar-refractivity contribution in [1.29, 1.82) is 0 Å². The highest BCUT2D eigenvalue weighted by molar-refractivity contribution is 7.99. The van der Waals surface area contributed by atoms with Crippen LogP contribution in [0, 0.1) is 6.92 Å². The SMILES string of the molecule is Cc1csc(NC(=O)CSc2nnc(-c3ccccn3)n2-c2ccccc2Cl)n1. The molecule has 0 fully saturated rings. The second-order valence-electron chi connectivity index (χ2n) is 5.94. The molecule has 0 radical (unpaired) electrons. The summed E-state index contributed by atoms with van der Waals surface area (Å²) in [7, 11) is 0.